The van der Waals surface area contributed by atoms with E-state index in [4.69, 9.17) is 0 Å². The van der Waals surface area contributed by atoms with Gasteiger partial charge in [0.25, 0.3) is 11.5 Å². The molecule has 1 fully saturated rings. The number of nitrogens with zero attached hydrogens (tertiary/aromatic N) is 4. The summed E-state index contributed by atoms with van der Waals surface area (Å²) in [7, 11) is 0. The zero-order valence-corrected chi connectivity index (χ0v) is 18.4. The van der Waals surface area contributed by atoms with Crippen LogP contribution >= 0.6 is 15.9 Å². The van der Waals surface area contributed by atoms with Crippen LogP contribution in [0.2, 0.25) is 0 Å². The van der Waals surface area contributed by atoms with Crippen molar-refractivity contribution in [2.45, 2.75) is 13.5 Å². The fourth-order valence-corrected chi connectivity index (χ4v) is 3.93. The number of hydrogen-bond donors (Lipinski definition) is 0. The second-order valence-electron chi connectivity index (χ2n) is 7.46. The summed E-state index contributed by atoms with van der Waals surface area (Å²) in [5, 5.41) is 0. The third-order valence-corrected chi connectivity index (χ3v) is 5.76. The van der Waals surface area contributed by atoms with Crippen LogP contribution in [0.1, 0.15) is 21.5 Å². The van der Waals surface area contributed by atoms with Gasteiger partial charge < -0.3 is 14.4 Å². The van der Waals surface area contributed by atoms with Crippen molar-refractivity contribution >= 4 is 27.7 Å². The van der Waals surface area contributed by atoms with Crippen molar-refractivity contribution in [2.75, 3.05) is 31.1 Å². The van der Waals surface area contributed by atoms with Crippen molar-refractivity contribution in [3.05, 3.63) is 92.4 Å². The first kappa shape index (κ1) is 20.3. The maximum Gasteiger partial charge on any atom is 0.263 e. The van der Waals surface area contributed by atoms with E-state index in [1.165, 1.54) is 0 Å². The Hall–Kier alpha value is -2.93. The molecule has 1 aliphatic rings. The number of benzene rings is 1. The zero-order chi connectivity index (χ0) is 21.1. The first-order chi connectivity index (χ1) is 14.5. The second kappa shape index (κ2) is 8.83. The summed E-state index contributed by atoms with van der Waals surface area (Å²) in [6.07, 6.45) is 3.51. The van der Waals surface area contributed by atoms with Crippen LogP contribution in [0.4, 0.5) is 5.82 Å². The van der Waals surface area contributed by atoms with Crippen molar-refractivity contribution in [3.63, 3.8) is 0 Å². The highest BCUT2D eigenvalue weighted by Crippen LogP contribution is 2.17. The summed E-state index contributed by atoms with van der Waals surface area (Å²) in [5.41, 5.74) is 2.16. The fraction of sp³-hybridized carbons (Fsp3) is 0.261. The van der Waals surface area contributed by atoms with Crippen LogP contribution < -0.4 is 10.5 Å². The van der Waals surface area contributed by atoms with Gasteiger partial charge in [0.1, 0.15) is 11.4 Å². The van der Waals surface area contributed by atoms with Crippen LogP contribution in [-0.4, -0.2) is 46.5 Å². The number of carbonyl (C=O) groups excluding carboxylic acids is 1. The highest BCUT2D eigenvalue weighted by Gasteiger charge is 2.24. The predicted octanol–water partition coefficient (Wildman–Crippen LogP) is 3.32. The summed E-state index contributed by atoms with van der Waals surface area (Å²) >= 11 is 3.40. The molecule has 4 rings (SSSR count). The zero-order valence-electron chi connectivity index (χ0n) is 16.8. The Kier molecular flexibility index (Phi) is 5.99. The van der Waals surface area contributed by atoms with Crippen molar-refractivity contribution in [1.29, 1.82) is 0 Å². The van der Waals surface area contributed by atoms with Crippen molar-refractivity contribution in [1.82, 2.24) is 14.5 Å². The van der Waals surface area contributed by atoms with Crippen molar-refractivity contribution in [3.8, 4) is 0 Å². The highest BCUT2D eigenvalue weighted by molar-refractivity contribution is 9.10. The molecule has 0 atom stereocenters. The average molecular weight is 467 g/mol. The van der Waals surface area contributed by atoms with E-state index < -0.39 is 0 Å². The first-order valence-corrected chi connectivity index (χ1v) is 10.7. The van der Waals surface area contributed by atoms with Gasteiger partial charge in [0.05, 0.1) is 6.54 Å². The lowest BCUT2D eigenvalue weighted by Crippen LogP contribution is -2.50. The summed E-state index contributed by atoms with van der Waals surface area (Å²) in [5.74, 6) is 0.688. The fourth-order valence-electron chi connectivity index (χ4n) is 3.70. The largest absolute Gasteiger partial charge is 0.353 e. The number of anilines is 1. The van der Waals surface area contributed by atoms with Crippen LogP contribution in [0.3, 0.4) is 0 Å². The Balaban J connectivity index is 1.46. The molecule has 0 spiro atoms. The molecule has 1 aliphatic heterocycles. The SMILES string of the molecule is Cc1cccc(Cn2cccc(C(=O)N3CCN(c4ccc(Br)cn4)CC3)c2=O)c1. The minimum atomic E-state index is -0.249. The third-order valence-electron chi connectivity index (χ3n) is 5.29. The molecule has 6 nitrogen and oxygen atoms in total. The van der Waals surface area contributed by atoms with E-state index in [9.17, 15) is 9.59 Å². The summed E-state index contributed by atoms with van der Waals surface area (Å²) in [6, 6.07) is 15.4. The molecule has 0 aliphatic carbocycles. The molecule has 0 saturated carbocycles. The smallest absolute Gasteiger partial charge is 0.263 e. The number of aryl methyl sites for hydroxylation is 1. The summed E-state index contributed by atoms with van der Waals surface area (Å²) < 4.78 is 2.54. The maximum atomic E-state index is 13.0. The van der Waals surface area contributed by atoms with Gasteiger partial charge >= 0.3 is 0 Å². The number of hydrogen-bond acceptors (Lipinski definition) is 4. The monoisotopic (exact) mass is 466 g/mol. The number of rotatable bonds is 4. The van der Waals surface area contributed by atoms with Crippen LogP contribution in [0, 0.1) is 6.92 Å². The molecule has 1 aromatic carbocycles. The molecular weight excluding hydrogens is 444 g/mol. The Labute approximate surface area is 183 Å². The minimum absolute atomic E-state index is 0.206. The molecule has 0 unspecified atom stereocenters. The van der Waals surface area contributed by atoms with Gasteiger partial charge in [-0.25, -0.2) is 4.98 Å². The molecule has 0 radical (unpaired) electrons. The average Bonchev–Trinajstić information content (AvgIpc) is 2.75. The van der Waals surface area contributed by atoms with E-state index >= 15 is 0 Å². The summed E-state index contributed by atoms with van der Waals surface area (Å²) in [6.45, 7) is 4.96. The normalized spacial score (nSPS) is 14.1. The van der Waals surface area contributed by atoms with Crippen LogP contribution in [0.5, 0.6) is 0 Å². The molecule has 1 saturated heterocycles. The predicted molar refractivity (Wildman–Crippen MR) is 121 cm³/mol. The van der Waals surface area contributed by atoms with Gasteiger partial charge in [-0.15, -0.1) is 0 Å². The minimum Gasteiger partial charge on any atom is -0.353 e. The number of amides is 1. The number of halogens is 1. The Morgan fingerprint density at radius 3 is 2.57 bits per heavy atom. The van der Waals surface area contributed by atoms with Gasteiger partial charge in [0.2, 0.25) is 0 Å². The molecular formula is C23H23BrN4O2. The van der Waals surface area contributed by atoms with Crippen LogP contribution in [-0.2, 0) is 6.54 Å². The number of aromatic nitrogens is 2. The number of piperazine rings is 1. The quantitative estimate of drug-likeness (QED) is 0.591. The molecule has 30 heavy (non-hydrogen) atoms. The van der Waals surface area contributed by atoms with E-state index in [-0.39, 0.29) is 17.0 Å². The Bertz CT molecular complexity index is 1100. The van der Waals surface area contributed by atoms with Gasteiger partial charge in [-0.05, 0) is 52.7 Å². The summed E-state index contributed by atoms with van der Waals surface area (Å²) in [4.78, 5) is 34.3. The third kappa shape index (κ3) is 4.46. The Morgan fingerprint density at radius 1 is 1.07 bits per heavy atom. The van der Waals surface area contributed by atoms with E-state index in [2.05, 4.69) is 31.9 Å². The van der Waals surface area contributed by atoms with Gasteiger partial charge in [0.15, 0.2) is 0 Å². The van der Waals surface area contributed by atoms with Gasteiger partial charge in [-0.2, -0.15) is 0 Å². The molecule has 0 N–H and O–H groups in total. The molecule has 7 heteroatoms. The van der Waals surface area contributed by atoms with Crippen LogP contribution in [0.25, 0.3) is 0 Å². The molecule has 3 heterocycles. The van der Waals surface area contributed by atoms with Crippen molar-refractivity contribution < 1.29 is 4.79 Å². The van der Waals surface area contributed by atoms with Gasteiger partial charge in [0, 0.05) is 43.0 Å². The maximum absolute atomic E-state index is 13.0. The van der Waals surface area contributed by atoms with E-state index in [0.29, 0.717) is 32.7 Å². The second-order valence-corrected chi connectivity index (χ2v) is 8.37. The number of pyridine rings is 2. The van der Waals surface area contributed by atoms with E-state index in [1.807, 2.05) is 37.3 Å². The lowest BCUT2D eigenvalue weighted by molar-refractivity contribution is 0.0744. The molecule has 2 aromatic heterocycles. The van der Waals surface area contributed by atoms with E-state index in [1.54, 1.807) is 34.0 Å². The molecule has 0 bridgehead atoms. The highest BCUT2D eigenvalue weighted by atomic mass is 79.9. The first-order valence-electron chi connectivity index (χ1n) is 9.92. The van der Waals surface area contributed by atoms with Gasteiger partial charge in [-0.3, -0.25) is 9.59 Å². The van der Waals surface area contributed by atoms with Gasteiger partial charge in [-0.1, -0.05) is 29.8 Å². The van der Waals surface area contributed by atoms with E-state index in [0.717, 1.165) is 21.4 Å². The topological polar surface area (TPSA) is 58.4 Å². The molecule has 3 aromatic rings. The number of carbonyl (C=O) groups is 1. The Morgan fingerprint density at radius 2 is 1.87 bits per heavy atom. The molecule has 154 valence electrons. The van der Waals surface area contributed by atoms with Crippen LogP contribution in [0.15, 0.2) is 70.2 Å². The molecule has 1 amide bonds. The standard InChI is InChI=1S/C23H23BrN4O2/c1-17-4-2-5-18(14-17)16-28-9-3-6-20(23(28)30)22(29)27-12-10-26(11-13-27)21-8-7-19(24)15-25-21/h2-9,14-15H,10-13,16H2,1H3. The lowest BCUT2D eigenvalue weighted by atomic mass is 10.1. The van der Waals surface area contributed by atoms with Crippen molar-refractivity contribution in [2.24, 2.45) is 0 Å². The lowest BCUT2D eigenvalue weighted by Gasteiger charge is -2.35.